The third-order valence-electron chi connectivity index (χ3n) is 9.84. The molecule has 0 aliphatic carbocycles. The van der Waals surface area contributed by atoms with Crippen LogP contribution in [-0.4, -0.2) is 68.5 Å². The van der Waals surface area contributed by atoms with E-state index in [-0.39, 0.29) is 18.9 Å². The molecule has 0 aromatic carbocycles. The minimum Gasteiger partial charge on any atom is -0.756 e. The summed E-state index contributed by atoms with van der Waals surface area (Å²) in [6.07, 6.45) is 68.1. The van der Waals surface area contributed by atoms with Crippen LogP contribution in [0.25, 0.3) is 0 Å². The molecule has 1 amide bonds. The standard InChI is InChI=1S/C55H91N2O6P/c1-6-8-10-12-14-16-18-19-20-21-22-23-24-25-26-27-28-29-30-31-32-33-34-35-36-37-39-41-43-45-47-49-55(59)56-53(52-63-64(60,61)62-51-50-57(3,4)5)54(58)48-46-44-42-40-38-17-15-13-11-9-7-2/h8,10,14,16,19-20,22-23,25-26,28-29,31-32,34-35,37-40,46,48,53-54,58H,6-7,9,11-13,15,17-18,21,24,27,30,33,36,41-45,47,49-52H2,1-5H3,(H-,56,59,60,61)/b10-8-,16-14-,20-19-,23-22-,26-25-,29-28-,32-31-,35-34-,39-37-,40-38+,48-46+. The molecule has 0 saturated heterocycles. The van der Waals surface area contributed by atoms with Crippen LogP contribution in [0.1, 0.15) is 155 Å². The van der Waals surface area contributed by atoms with Gasteiger partial charge in [0, 0.05) is 6.42 Å². The Hall–Kier alpha value is -3.36. The number of carbonyl (C=O) groups excluding carboxylic acids is 1. The summed E-state index contributed by atoms with van der Waals surface area (Å²) in [5.41, 5.74) is 0. The quantitative estimate of drug-likeness (QED) is 0.0273. The number of nitrogens with zero attached hydrogens (tertiary/aromatic N) is 1. The van der Waals surface area contributed by atoms with Crippen molar-refractivity contribution in [2.75, 3.05) is 40.9 Å². The maximum atomic E-state index is 12.9. The number of hydrogen-bond acceptors (Lipinski definition) is 6. The van der Waals surface area contributed by atoms with E-state index in [4.69, 9.17) is 9.05 Å². The summed E-state index contributed by atoms with van der Waals surface area (Å²) in [7, 11) is 1.19. The van der Waals surface area contributed by atoms with Gasteiger partial charge in [0.1, 0.15) is 13.2 Å². The number of aliphatic hydroxyl groups excluding tert-OH is 1. The number of aliphatic hydroxyl groups is 1. The first-order chi connectivity index (χ1) is 31.0. The minimum absolute atomic E-state index is 0.0215. The lowest BCUT2D eigenvalue weighted by Gasteiger charge is -2.29. The van der Waals surface area contributed by atoms with Gasteiger partial charge in [-0.2, -0.15) is 0 Å². The van der Waals surface area contributed by atoms with Gasteiger partial charge in [-0.05, 0) is 103 Å². The van der Waals surface area contributed by atoms with E-state index in [1.54, 1.807) is 6.08 Å². The molecule has 8 nitrogen and oxygen atoms in total. The molecule has 64 heavy (non-hydrogen) atoms. The molecule has 0 radical (unpaired) electrons. The molecular weight excluding hydrogens is 816 g/mol. The number of amides is 1. The topological polar surface area (TPSA) is 108 Å². The van der Waals surface area contributed by atoms with Gasteiger partial charge in [-0.15, -0.1) is 0 Å². The van der Waals surface area contributed by atoms with Crippen molar-refractivity contribution in [3.63, 3.8) is 0 Å². The van der Waals surface area contributed by atoms with Crippen molar-refractivity contribution in [1.82, 2.24) is 5.32 Å². The average molecular weight is 907 g/mol. The lowest BCUT2D eigenvalue weighted by atomic mass is 10.1. The summed E-state index contributed by atoms with van der Waals surface area (Å²) in [5.74, 6) is -0.248. The van der Waals surface area contributed by atoms with Gasteiger partial charge in [0.25, 0.3) is 7.82 Å². The van der Waals surface area contributed by atoms with Crippen LogP contribution in [0.3, 0.4) is 0 Å². The Kier molecular flexibility index (Phi) is 42.5. The molecule has 3 unspecified atom stereocenters. The highest BCUT2D eigenvalue weighted by Gasteiger charge is 2.23. The highest BCUT2D eigenvalue weighted by molar-refractivity contribution is 7.45. The molecule has 362 valence electrons. The van der Waals surface area contributed by atoms with Crippen LogP contribution >= 0.6 is 7.82 Å². The van der Waals surface area contributed by atoms with Crippen molar-refractivity contribution in [3.05, 3.63) is 134 Å². The molecule has 0 aromatic rings. The summed E-state index contributed by atoms with van der Waals surface area (Å²) in [5, 5.41) is 13.7. The third kappa shape index (κ3) is 46.6. The number of phosphoric ester groups is 1. The number of phosphoric acid groups is 1. The fourth-order valence-corrected chi connectivity index (χ4v) is 6.70. The Morgan fingerprint density at radius 2 is 0.969 bits per heavy atom. The summed E-state index contributed by atoms with van der Waals surface area (Å²) in [6.45, 7) is 4.42. The monoisotopic (exact) mass is 907 g/mol. The van der Waals surface area contributed by atoms with Crippen LogP contribution < -0.4 is 10.2 Å². The Balaban J connectivity index is 4.35. The third-order valence-corrected chi connectivity index (χ3v) is 10.8. The highest BCUT2D eigenvalue weighted by Crippen LogP contribution is 2.38. The van der Waals surface area contributed by atoms with E-state index in [1.807, 2.05) is 27.2 Å². The fourth-order valence-electron chi connectivity index (χ4n) is 5.98. The number of allylic oxidation sites excluding steroid dienone is 21. The number of hydrogen-bond donors (Lipinski definition) is 2. The number of carbonyl (C=O) groups is 1. The van der Waals surface area contributed by atoms with E-state index in [2.05, 4.69) is 141 Å². The zero-order valence-electron chi connectivity index (χ0n) is 40.9. The smallest absolute Gasteiger partial charge is 0.268 e. The summed E-state index contributed by atoms with van der Waals surface area (Å²) < 4.78 is 23.1. The highest BCUT2D eigenvalue weighted by atomic mass is 31.2. The minimum atomic E-state index is -4.61. The van der Waals surface area contributed by atoms with Gasteiger partial charge in [-0.1, -0.05) is 180 Å². The molecule has 0 saturated carbocycles. The molecule has 0 heterocycles. The van der Waals surface area contributed by atoms with E-state index >= 15 is 0 Å². The lowest BCUT2D eigenvalue weighted by Crippen LogP contribution is -2.45. The van der Waals surface area contributed by atoms with E-state index in [0.717, 1.165) is 96.3 Å². The first-order valence-corrected chi connectivity index (χ1v) is 26.0. The Bertz CT molecular complexity index is 1490. The zero-order valence-corrected chi connectivity index (χ0v) is 41.8. The Morgan fingerprint density at radius 1 is 0.562 bits per heavy atom. The van der Waals surface area contributed by atoms with Crippen LogP contribution in [0.2, 0.25) is 0 Å². The first-order valence-electron chi connectivity index (χ1n) is 24.5. The van der Waals surface area contributed by atoms with Crippen molar-refractivity contribution >= 4 is 13.7 Å². The molecule has 0 aromatic heterocycles. The van der Waals surface area contributed by atoms with Gasteiger partial charge in [0.2, 0.25) is 5.91 Å². The van der Waals surface area contributed by atoms with Crippen LogP contribution in [-0.2, 0) is 18.4 Å². The van der Waals surface area contributed by atoms with Crippen molar-refractivity contribution in [3.8, 4) is 0 Å². The maximum Gasteiger partial charge on any atom is 0.268 e. The van der Waals surface area contributed by atoms with Gasteiger partial charge < -0.3 is 28.8 Å². The average Bonchev–Trinajstić information content (AvgIpc) is 3.25. The molecule has 0 spiro atoms. The van der Waals surface area contributed by atoms with Gasteiger partial charge in [-0.25, -0.2) is 0 Å². The van der Waals surface area contributed by atoms with Crippen LogP contribution in [0, 0.1) is 0 Å². The predicted octanol–water partition coefficient (Wildman–Crippen LogP) is 13.8. The largest absolute Gasteiger partial charge is 0.756 e. The molecular formula is C55H91N2O6P. The molecule has 3 atom stereocenters. The Labute approximate surface area is 392 Å². The maximum absolute atomic E-state index is 12.9. The second-order valence-electron chi connectivity index (χ2n) is 17.1. The second-order valence-corrected chi connectivity index (χ2v) is 18.5. The predicted molar refractivity (Wildman–Crippen MR) is 274 cm³/mol. The SMILES string of the molecule is CC/C=C\C/C=C\C/C=C\C/C=C\C/C=C\C/C=C\C/C=C\C/C=C\C/C=C\CCCCCC(=O)NC(COP(=O)([O-])OCC[N+](C)(C)C)C(O)/C=C/CC/C=C/CCCCCCC. The van der Waals surface area contributed by atoms with Gasteiger partial charge in [0.15, 0.2) is 0 Å². The molecule has 0 aliphatic rings. The summed E-state index contributed by atoms with van der Waals surface area (Å²) >= 11 is 0. The van der Waals surface area contributed by atoms with Gasteiger partial charge >= 0.3 is 0 Å². The lowest BCUT2D eigenvalue weighted by molar-refractivity contribution is -0.870. The number of unbranched alkanes of at least 4 members (excludes halogenated alkanes) is 9. The van der Waals surface area contributed by atoms with Crippen LogP contribution in [0.15, 0.2) is 134 Å². The van der Waals surface area contributed by atoms with Crippen LogP contribution in [0.4, 0.5) is 0 Å². The van der Waals surface area contributed by atoms with Gasteiger partial charge in [0.05, 0.1) is 39.9 Å². The zero-order chi connectivity index (χ0) is 47.1. The molecule has 0 rings (SSSR count). The second kappa shape index (κ2) is 44.8. The summed E-state index contributed by atoms with van der Waals surface area (Å²) in [4.78, 5) is 25.3. The molecule has 2 N–H and O–H groups in total. The van der Waals surface area contributed by atoms with Crippen molar-refractivity contribution in [2.45, 2.75) is 167 Å². The fraction of sp³-hybridized carbons (Fsp3) is 0.582. The van der Waals surface area contributed by atoms with Crippen LogP contribution in [0.5, 0.6) is 0 Å². The molecule has 0 aliphatic heterocycles. The first kappa shape index (κ1) is 60.6. The van der Waals surface area contributed by atoms with Gasteiger partial charge in [-0.3, -0.25) is 9.36 Å². The number of rotatable bonds is 42. The van der Waals surface area contributed by atoms with Crippen molar-refractivity contribution < 1.29 is 32.9 Å². The number of quaternary nitrogens is 1. The van der Waals surface area contributed by atoms with E-state index < -0.39 is 26.6 Å². The Morgan fingerprint density at radius 3 is 1.44 bits per heavy atom. The van der Waals surface area contributed by atoms with E-state index in [1.165, 1.54) is 32.1 Å². The molecule has 0 fully saturated rings. The van der Waals surface area contributed by atoms with E-state index in [0.29, 0.717) is 17.4 Å². The molecule has 0 bridgehead atoms. The summed E-state index contributed by atoms with van der Waals surface area (Å²) in [6, 6.07) is -0.930. The van der Waals surface area contributed by atoms with E-state index in [9.17, 15) is 19.4 Å². The molecule has 9 heteroatoms. The number of nitrogens with one attached hydrogen (secondary N) is 1. The normalized spacial score (nSPS) is 15.3. The van der Waals surface area contributed by atoms with Crippen molar-refractivity contribution in [2.24, 2.45) is 0 Å². The number of likely N-dealkylation sites (N-methyl/N-ethyl adjacent to an activating group) is 1. The van der Waals surface area contributed by atoms with Crippen molar-refractivity contribution in [1.29, 1.82) is 0 Å².